The molecule has 0 unspecified atom stereocenters. The minimum absolute atomic E-state index is 0.150. The number of aryl methyl sites for hydroxylation is 1. The van der Waals surface area contributed by atoms with Gasteiger partial charge in [-0.1, -0.05) is 29.4 Å². The number of halogens is 1. The van der Waals surface area contributed by atoms with Crippen molar-refractivity contribution in [3.05, 3.63) is 51.2 Å². The van der Waals surface area contributed by atoms with Crippen molar-refractivity contribution < 1.29 is 0 Å². The minimum atomic E-state index is -0.150. The van der Waals surface area contributed by atoms with Crippen molar-refractivity contribution in [3.63, 3.8) is 0 Å². The van der Waals surface area contributed by atoms with Gasteiger partial charge in [-0.15, -0.1) is 5.10 Å². The van der Waals surface area contributed by atoms with Gasteiger partial charge in [-0.2, -0.15) is 9.50 Å². The van der Waals surface area contributed by atoms with Gasteiger partial charge in [-0.25, -0.2) is 4.98 Å². The van der Waals surface area contributed by atoms with E-state index in [1.165, 1.54) is 16.3 Å². The van der Waals surface area contributed by atoms with Crippen LogP contribution < -0.4 is 5.56 Å². The van der Waals surface area contributed by atoms with E-state index in [0.717, 1.165) is 5.56 Å². The van der Waals surface area contributed by atoms with Crippen LogP contribution in [-0.4, -0.2) is 30.4 Å². The molecule has 6 nitrogen and oxygen atoms in total. The molecule has 0 saturated heterocycles. The molecule has 0 aliphatic rings. The van der Waals surface area contributed by atoms with Gasteiger partial charge >= 0.3 is 0 Å². The van der Waals surface area contributed by atoms with E-state index in [-0.39, 0.29) is 5.56 Å². The third kappa shape index (κ3) is 2.66. The number of rotatable bonds is 3. The Morgan fingerprint density at radius 1 is 1.38 bits per heavy atom. The molecule has 3 aromatic heterocycles. The minimum Gasteiger partial charge on any atom is -0.312 e. The number of fused-ring (bicyclic) bond motifs is 1. The molecule has 108 valence electrons. The Bertz CT molecular complexity index is 855. The molecule has 0 bridgehead atoms. The van der Waals surface area contributed by atoms with Gasteiger partial charge in [0.15, 0.2) is 0 Å². The number of pyridine rings is 1. The SMILES string of the molecule is CSc1nc2n(Cc3ccc(Cl)nc3)cc(C)c(=O)n2n1. The van der Waals surface area contributed by atoms with Gasteiger partial charge in [0.25, 0.3) is 5.56 Å². The summed E-state index contributed by atoms with van der Waals surface area (Å²) in [6.07, 6.45) is 5.36. The maximum atomic E-state index is 12.1. The number of nitrogens with zero attached hydrogens (tertiary/aromatic N) is 5. The Morgan fingerprint density at radius 3 is 2.86 bits per heavy atom. The van der Waals surface area contributed by atoms with E-state index in [1.807, 2.05) is 16.9 Å². The molecular weight excluding hydrogens is 310 g/mol. The van der Waals surface area contributed by atoms with Crippen molar-refractivity contribution in [2.45, 2.75) is 18.6 Å². The second kappa shape index (κ2) is 5.50. The molecule has 3 rings (SSSR count). The fourth-order valence-corrected chi connectivity index (χ4v) is 2.47. The molecule has 0 aromatic carbocycles. The molecule has 0 amide bonds. The average Bonchev–Trinajstić information content (AvgIpc) is 2.91. The summed E-state index contributed by atoms with van der Waals surface area (Å²) in [5.41, 5.74) is 1.43. The van der Waals surface area contributed by atoms with Gasteiger partial charge < -0.3 is 4.57 Å². The van der Waals surface area contributed by atoms with Crippen LogP contribution in [-0.2, 0) is 6.54 Å². The van der Waals surface area contributed by atoms with Crippen LogP contribution in [0, 0.1) is 6.92 Å². The Labute approximate surface area is 129 Å². The molecule has 3 aromatic rings. The molecule has 0 radical (unpaired) electrons. The zero-order chi connectivity index (χ0) is 15.0. The van der Waals surface area contributed by atoms with Crippen LogP contribution in [0.2, 0.25) is 5.15 Å². The van der Waals surface area contributed by atoms with E-state index in [2.05, 4.69) is 15.1 Å². The number of aromatic nitrogens is 5. The molecule has 21 heavy (non-hydrogen) atoms. The number of hydrogen-bond acceptors (Lipinski definition) is 5. The molecule has 0 spiro atoms. The quantitative estimate of drug-likeness (QED) is 0.545. The first-order valence-corrected chi connectivity index (χ1v) is 7.80. The molecule has 0 N–H and O–H groups in total. The highest BCUT2D eigenvalue weighted by molar-refractivity contribution is 7.98. The lowest BCUT2D eigenvalue weighted by Gasteiger charge is -2.08. The van der Waals surface area contributed by atoms with Gasteiger partial charge in [0.05, 0.1) is 6.54 Å². The summed E-state index contributed by atoms with van der Waals surface area (Å²) < 4.78 is 3.22. The molecule has 0 atom stereocenters. The van der Waals surface area contributed by atoms with Crippen LogP contribution >= 0.6 is 23.4 Å². The predicted octanol–water partition coefficient (Wildman–Crippen LogP) is 2.02. The van der Waals surface area contributed by atoms with Crippen LogP contribution in [0.15, 0.2) is 34.5 Å². The third-order valence-electron chi connectivity index (χ3n) is 3.03. The smallest absolute Gasteiger partial charge is 0.278 e. The van der Waals surface area contributed by atoms with Crippen LogP contribution in [0.5, 0.6) is 0 Å². The van der Waals surface area contributed by atoms with Crippen molar-refractivity contribution >= 4 is 29.1 Å². The Balaban J connectivity index is 2.13. The summed E-state index contributed by atoms with van der Waals surface area (Å²) in [6.45, 7) is 2.31. The molecule has 8 heteroatoms. The van der Waals surface area contributed by atoms with E-state index < -0.39 is 0 Å². The fraction of sp³-hybridized carbons (Fsp3) is 0.231. The van der Waals surface area contributed by atoms with E-state index in [0.29, 0.717) is 28.2 Å². The van der Waals surface area contributed by atoms with E-state index in [1.54, 1.807) is 25.4 Å². The molecular formula is C13H12ClN5OS. The Hall–Kier alpha value is -1.86. The van der Waals surface area contributed by atoms with Gasteiger partial charge in [-0.3, -0.25) is 4.79 Å². The van der Waals surface area contributed by atoms with Gasteiger partial charge in [0.1, 0.15) is 5.15 Å². The summed E-state index contributed by atoms with van der Waals surface area (Å²) in [5.74, 6) is 0.518. The molecule has 3 heterocycles. The lowest BCUT2D eigenvalue weighted by molar-refractivity contribution is 0.743. The largest absolute Gasteiger partial charge is 0.312 e. The maximum absolute atomic E-state index is 12.1. The van der Waals surface area contributed by atoms with Gasteiger partial charge in [0, 0.05) is 18.0 Å². The standard InChI is InChI=1S/C13H12ClN5OS/c1-8-6-18(7-9-3-4-10(14)15-5-9)13-16-12(21-2)17-19(13)11(8)20/h3-6H,7H2,1-2H3. The monoisotopic (exact) mass is 321 g/mol. The van der Waals surface area contributed by atoms with Crippen LogP contribution in [0.1, 0.15) is 11.1 Å². The van der Waals surface area contributed by atoms with Crippen molar-refractivity contribution in [1.82, 2.24) is 24.1 Å². The Morgan fingerprint density at radius 2 is 2.19 bits per heavy atom. The first-order valence-electron chi connectivity index (χ1n) is 6.19. The van der Waals surface area contributed by atoms with E-state index >= 15 is 0 Å². The van der Waals surface area contributed by atoms with Crippen LogP contribution in [0.25, 0.3) is 5.78 Å². The van der Waals surface area contributed by atoms with Crippen molar-refractivity contribution in [1.29, 1.82) is 0 Å². The van der Waals surface area contributed by atoms with E-state index in [4.69, 9.17) is 11.6 Å². The first-order chi connectivity index (χ1) is 10.1. The molecule has 0 aliphatic carbocycles. The van der Waals surface area contributed by atoms with E-state index in [9.17, 15) is 4.79 Å². The summed E-state index contributed by atoms with van der Waals surface area (Å²) >= 11 is 7.19. The lowest BCUT2D eigenvalue weighted by Crippen LogP contribution is -2.21. The average molecular weight is 322 g/mol. The lowest BCUT2D eigenvalue weighted by atomic mass is 10.3. The highest BCUT2D eigenvalue weighted by Crippen LogP contribution is 2.12. The highest BCUT2D eigenvalue weighted by atomic mass is 35.5. The maximum Gasteiger partial charge on any atom is 0.278 e. The molecule has 0 saturated carbocycles. The van der Waals surface area contributed by atoms with Crippen LogP contribution in [0.4, 0.5) is 0 Å². The number of thioether (sulfide) groups is 1. The zero-order valence-electron chi connectivity index (χ0n) is 11.4. The molecule has 0 aliphatic heterocycles. The fourth-order valence-electron chi connectivity index (χ4n) is 2.02. The van der Waals surface area contributed by atoms with Crippen molar-refractivity contribution in [2.24, 2.45) is 0 Å². The van der Waals surface area contributed by atoms with Crippen molar-refractivity contribution in [3.8, 4) is 0 Å². The predicted molar refractivity (Wildman–Crippen MR) is 82.1 cm³/mol. The Kier molecular flexibility index (Phi) is 3.69. The summed E-state index contributed by atoms with van der Waals surface area (Å²) in [7, 11) is 0. The van der Waals surface area contributed by atoms with Gasteiger partial charge in [0.2, 0.25) is 10.9 Å². The topological polar surface area (TPSA) is 65.1 Å². The summed E-state index contributed by atoms with van der Waals surface area (Å²) in [6, 6.07) is 3.63. The highest BCUT2D eigenvalue weighted by Gasteiger charge is 2.11. The summed E-state index contributed by atoms with van der Waals surface area (Å²) in [5, 5.41) is 5.23. The second-order valence-electron chi connectivity index (χ2n) is 4.54. The second-order valence-corrected chi connectivity index (χ2v) is 5.71. The molecule has 0 fully saturated rings. The van der Waals surface area contributed by atoms with Crippen LogP contribution in [0.3, 0.4) is 0 Å². The first kappa shape index (κ1) is 14.1. The summed E-state index contributed by atoms with van der Waals surface area (Å²) in [4.78, 5) is 20.6. The normalized spacial score (nSPS) is 11.2. The number of hydrogen-bond donors (Lipinski definition) is 0. The third-order valence-corrected chi connectivity index (χ3v) is 3.79. The van der Waals surface area contributed by atoms with Crippen molar-refractivity contribution in [2.75, 3.05) is 6.26 Å². The van der Waals surface area contributed by atoms with Gasteiger partial charge in [-0.05, 0) is 24.8 Å². The zero-order valence-corrected chi connectivity index (χ0v) is 13.0.